The van der Waals surface area contributed by atoms with E-state index in [4.69, 9.17) is 0 Å². The highest BCUT2D eigenvalue weighted by atomic mass is 31.1. The smallest absolute Gasteiger partial charge is 0.00688 e. The third-order valence-electron chi connectivity index (χ3n) is 9.53. The van der Waals surface area contributed by atoms with Gasteiger partial charge in [-0.15, -0.1) is 0 Å². The van der Waals surface area contributed by atoms with Crippen molar-refractivity contribution in [2.24, 2.45) is 0 Å². The number of hydrogen-bond acceptors (Lipinski definition) is 0. The first-order valence-electron chi connectivity index (χ1n) is 15.1. The van der Waals surface area contributed by atoms with Crippen molar-refractivity contribution in [2.45, 2.75) is 157 Å². The fourth-order valence-corrected chi connectivity index (χ4v) is 12.1. The molecule has 2 aromatic rings. The minimum atomic E-state index is -0.384. The SMILES string of the molecule is Cc1c(C)c(C)c(P2C(C)(C)CCCCCC2(C)C)c(-c2ccc(C(C)C)c(C(C)C)c2C(C)C)c1C. The second-order valence-electron chi connectivity index (χ2n) is 14.2. The van der Waals surface area contributed by atoms with Gasteiger partial charge < -0.3 is 0 Å². The van der Waals surface area contributed by atoms with Crippen LogP contribution in [0.15, 0.2) is 12.1 Å². The molecule has 1 saturated heterocycles. The van der Waals surface area contributed by atoms with Gasteiger partial charge in [0.05, 0.1) is 0 Å². The zero-order chi connectivity index (χ0) is 28.0. The van der Waals surface area contributed by atoms with Crippen molar-refractivity contribution in [3.8, 4) is 11.1 Å². The van der Waals surface area contributed by atoms with E-state index in [1.54, 1.807) is 33.1 Å². The van der Waals surface area contributed by atoms with Gasteiger partial charge in [0.15, 0.2) is 0 Å². The van der Waals surface area contributed by atoms with Crippen LogP contribution in [0.5, 0.6) is 0 Å². The Hall–Kier alpha value is -1.13. The maximum atomic E-state index is 2.60. The lowest BCUT2D eigenvalue weighted by Crippen LogP contribution is -2.38. The van der Waals surface area contributed by atoms with Crippen molar-refractivity contribution in [2.75, 3.05) is 0 Å². The summed E-state index contributed by atoms with van der Waals surface area (Å²) in [4.78, 5) is 0. The molecule has 0 aliphatic carbocycles. The van der Waals surface area contributed by atoms with Crippen molar-refractivity contribution in [1.29, 1.82) is 0 Å². The molecular formula is C36H57P. The van der Waals surface area contributed by atoms with E-state index in [0.29, 0.717) is 28.1 Å². The molecule has 1 aliphatic heterocycles. The molecule has 0 unspecified atom stereocenters. The van der Waals surface area contributed by atoms with Gasteiger partial charge in [-0.05, 0) is 124 Å². The zero-order valence-corrected chi connectivity index (χ0v) is 27.8. The van der Waals surface area contributed by atoms with Gasteiger partial charge in [-0.2, -0.15) is 0 Å². The maximum absolute atomic E-state index is 2.60. The third kappa shape index (κ3) is 5.62. The van der Waals surface area contributed by atoms with Crippen LogP contribution < -0.4 is 5.30 Å². The fraction of sp³-hybridized carbons (Fsp3) is 0.667. The summed E-state index contributed by atoms with van der Waals surface area (Å²) >= 11 is 0. The Morgan fingerprint density at radius 2 is 1.08 bits per heavy atom. The molecule has 0 bridgehead atoms. The first kappa shape index (κ1) is 30.4. The average molecular weight is 521 g/mol. The summed E-state index contributed by atoms with van der Waals surface area (Å²) in [6.07, 6.45) is 6.82. The van der Waals surface area contributed by atoms with E-state index in [-0.39, 0.29) is 7.92 Å². The Kier molecular flexibility index (Phi) is 9.17. The lowest BCUT2D eigenvalue weighted by Gasteiger charge is -2.49. The predicted molar refractivity (Wildman–Crippen MR) is 171 cm³/mol. The van der Waals surface area contributed by atoms with Gasteiger partial charge in [0.25, 0.3) is 0 Å². The summed E-state index contributed by atoms with van der Waals surface area (Å²) in [6.45, 7) is 34.4. The molecule has 0 atom stereocenters. The summed E-state index contributed by atoms with van der Waals surface area (Å²) < 4.78 is 0. The molecule has 1 heteroatoms. The fourth-order valence-electron chi connectivity index (χ4n) is 7.48. The monoisotopic (exact) mass is 520 g/mol. The van der Waals surface area contributed by atoms with E-state index in [2.05, 4.69) is 109 Å². The first-order chi connectivity index (χ1) is 17.0. The van der Waals surface area contributed by atoms with Crippen LogP contribution in [0.3, 0.4) is 0 Å². The van der Waals surface area contributed by atoms with E-state index < -0.39 is 0 Å². The predicted octanol–water partition coefficient (Wildman–Crippen LogP) is 11.6. The van der Waals surface area contributed by atoms with Crippen molar-refractivity contribution in [3.05, 3.63) is 51.1 Å². The molecule has 0 N–H and O–H groups in total. The van der Waals surface area contributed by atoms with Crippen LogP contribution in [-0.2, 0) is 0 Å². The van der Waals surface area contributed by atoms with Gasteiger partial charge in [0.2, 0.25) is 0 Å². The standard InChI is InChI=1S/C36H57P/c1-22(2)29-18-19-30(32(24(5)6)31(29)23(3)4)33-27(9)25(7)26(8)28(10)34(33)37-35(11,12)20-16-15-17-21-36(37,13)14/h18-19,22-24H,15-17,20-21H2,1-14H3. The summed E-state index contributed by atoms with van der Waals surface area (Å²) in [5, 5.41) is 2.37. The van der Waals surface area contributed by atoms with Crippen LogP contribution in [0.4, 0.5) is 0 Å². The van der Waals surface area contributed by atoms with Crippen LogP contribution >= 0.6 is 7.92 Å². The van der Waals surface area contributed by atoms with Crippen molar-refractivity contribution >= 4 is 13.2 Å². The minimum Gasteiger partial charge on any atom is -0.0627 e. The van der Waals surface area contributed by atoms with Gasteiger partial charge in [0.1, 0.15) is 0 Å². The summed E-state index contributed by atoms with van der Waals surface area (Å²) in [7, 11) is -0.384. The number of rotatable bonds is 5. The van der Waals surface area contributed by atoms with Crippen LogP contribution in [0.1, 0.15) is 158 Å². The highest BCUT2D eigenvalue weighted by molar-refractivity contribution is 7.69. The Bertz CT molecular complexity index is 1110. The topological polar surface area (TPSA) is 0 Å². The van der Waals surface area contributed by atoms with Crippen LogP contribution in [0.25, 0.3) is 11.1 Å². The lowest BCUT2D eigenvalue weighted by atomic mass is 9.78. The van der Waals surface area contributed by atoms with Crippen LogP contribution in [0.2, 0.25) is 0 Å². The second kappa shape index (κ2) is 11.2. The molecule has 0 aromatic heterocycles. The third-order valence-corrected chi connectivity index (χ3v) is 13.4. The average Bonchev–Trinajstić information content (AvgIpc) is 2.78. The molecule has 0 spiro atoms. The first-order valence-corrected chi connectivity index (χ1v) is 16.5. The lowest BCUT2D eigenvalue weighted by molar-refractivity contribution is 0.478. The summed E-state index contributed by atoms with van der Waals surface area (Å²) in [5.74, 6) is 1.55. The van der Waals surface area contributed by atoms with E-state index in [1.165, 1.54) is 54.4 Å². The largest absolute Gasteiger partial charge is 0.0627 e. The van der Waals surface area contributed by atoms with E-state index >= 15 is 0 Å². The summed E-state index contributed by atoms with van der Waals surface area (Å²) in [6, 6.07) is 5.01. The van der Waals surface area contributed by atoms with Gasteiger partial charge in [-0.1, -0.05) is 109 Å². The molecule has 206 valence electrons. The molecule has 3 rings (SSSR count). The van der Waals surface area contributed by atoms with Gasteiger partial charge in [0, 0.05) is 0 Å². The van der Waals surface area contributed by atoms with Crippen LogP contribution in [0, 0.1) is 27.7 Å². The van der Waals surface area contributed by atoms with Gasteiger partial charge in [-0.25, -0.2) is 0 Å². The molecule has 1 aliphatic rings. The van der Waals surface area contributed by atoms with E-state index in [9.17, 15) is 0 Å². The Balaban J connectivity index is 2.56. The normalized spacial score (nSPS) is 18.5. The highest BCUT2D eigenvalue weighted by Gasteiger charge is 2.44. The molecule has 2 aromatic carbocycles. The van der Waals surface area contributed by atoms with Crippen molar-refractivity contribution in [3.63, 3.8) is 0 Å². The molecular weight excluding hydrogens is 463 g/mol. The van der Waals surface area contributed by atoms with Gasteiger partial charge >= 0.3 is 0 Å². The maximum Gasteiger partial charge on any atom is -0.00688 e. The molecule has 0 amide bonds. The molecule has 1 fully saturated rings. The van der Waals surface area contributed by atoms with Crippen LogP contribution in [-0.4, -0.2) is 10.3 Å². The number of hydrogen-bond donors (Lipinski definition) is 0. The molecule has 0 radical (unpaired) electrons. The zero-order valence-electron chi connectivity index (χ0n) is 26.9. The van der Waals surface area contributed by atoms with Crippen molar-refractivity contribution in [1.82, 2.24) is 0 Å². The summed E-state index contributed by atoms with van der Waals surface area (Å²) in [5.41, 5.74) is 14.0. The van der Waals surface area contributed by atoms with E-state index in [1.807, 2.05) is 0 Å². The molecule has 0 saturated carbocycles. The molecule has 37 heavy (non-hydrogen) atoms. The molecule has 1 heterocycles. The second-order valence-corrected chi connectivity index (χ2v) is 17.8. The Morgan fingerprint density at radius 1 is 0.595 bits per heavy atom. The number of benzene rings is 2. The quantitative estimate of drug-likeness (QED) is 0.344. The Morgan fingerprint density at radius 3 is 1.54 bits per heavy atom. The molecule has 0 nitrogen and oxygen atoms in total. The van der Waals surface area contributed by atoms with E-state index in [0.717, 1.165) is 0 Å². The Labute approximate surface area is 232 Å². The highest BCUT2D eigenvalue weighted by Crippen LogP contribution is 2.65. The minimum absolute atomic E-state index is 0.323. The van der Waals surface area contributed by atoms with Gasteiger partial charge in [-0.3, -0.25) is 0 Å². The van der Waals surface area contributed by atoms with Crippen molar-refractivity contribution < 1.29 is 0 Å².